The number of benzene rings is 1. The number of thiophene rings is 1. The monoisotopic (exact) mass is 313 g/mol. The van der Waals surface area contributed by atoms with E-state index in [0.717, 1.165) is 43.8 Å². The quantitative estimate of drug-likeness (QED) is 0.844. The molecule has 4 rings (SSSR count). The van der Waals surface area contributed by atoms with E-state index < -0.39 is 0 Å². The Morgan fingerprint density at radius 3 is 2.86 bits per heavy atom. The third-order valence-electron chi connectivity index (χ3n) is 4.50. The molecule has 1 atom stereocenters. The van der Waals surface area contributed by atoms with Gasteiger partial charge in [0, 0.05) is 24.6 Å². The first kappa shape index (κ1) is 14.0. The fourth-order valence-corrected chi connectivity index (χ4v) is 4.33. The molecule has 2 aliphatic heterocycles. The third kappa shape index (κ3) is 2.57. The van der Waals surface area contributed by atoms with Gasteiger partial charge in [-0.2, -0.15) is 0 Å². The molecule has 0 bridgehead atoms. The van der Waals surface area contributed by atoms with Crippen LogP contribution in [0.3, 0.4) is 0 Å². The highest BCUT2D eigenvalue weighted by atomic mass is 32.1. The maximum atomic E-state index is 12.7. The van der Waals surface area contributed by atoms with Gasteiger partial charge in [-0.1, -0.05) is 24.3 Å². The summed E-state index contributed by atoms with van der Waals surface area (Å²) in [7, 11) is 0. The maximum Gasteiger partial charge on any atom is 0.264 e. The topological polar surface area (TPSA) is 29.5 Å². The number of ether oxygens (including phenoxy) is 1. The minimum Gasteiger partial charge on any atom is -0.373 e. The van der Waals surface area contributed by atoms with Crippen molar-refractivity contribution in [2.75, 3.05) is 13.2 Å². The van der Waals surface area contributed by atoms with Crippen LogP contribution in [0.5, 0.6) is 0 Å². The summed E-state index contributed by atoms with van der Waals surface area (Å²) in [5.74, 6) is 0.156. The summed E-state index contributed by atoms with van der Waals surface area (Å²) in [6, 6.07) is 12.4. The summed E-state index contributed by atoms with van der Waals surface area (Å²) >= 11 is 1.60. The van der Waals surface area contributed by atoms with Gasteiger partial charge in [0.25, 0.3) is 5.91 Å². The molecule has 22 heavy (non-hydrogen) atoms. The van der Waals surface area contributed by atoms with Gasteiger partial charge in [-0.15, -0.1) is 11.3 Å². The summed E-state index contributed by atoms with van der Waals surface area (Å²) in [6.07, 6.45) is 3.35. The molecule has 4 heteroatoms. The van der Waals surface area contributed by atoms with Gasteiger partial charge in [-0.3, -0.25) is 4.79 Å². The summed E-state index contributed by atoms with van der Waals surface area (Å²) < 4.78 is 5.71. The maximum absolute atomic E-state index is 12.7. The molecule has 0 spiro atoms. The van der Waals surface area contributed by atoms with E-state index in [4.69, 9.17) is 4.74 Å². The van der Waals surface area contributed by atoms with Crippen LogP contribution in [0.15, 0.2) is 36.4 Å². The van der Waals surface area contributed by atoms with E-state index in [2.05, 4.69) is 24.3 Å². The van der Waals surface area contributed by atoms with E-state index in [1.807, 2.05) is 17.0 Å². The second kappa shape index (κ2) is 5.86. The van der Waals surface area contributed by atoms with Crippen LogP contribution in [0.4, 0.5) is 0 Å². The van der Waals surface area contributed by atoms with Crippen LogP contribution in [-0.2, 0) is 17.7 Å². The third-order valence-corrected chi connectivity index (χ3v) is 5.67. The van der Waals surface area contributed by atoms with Gasteiger partial charge in [-0.05, 0) is 42.5 Å². The zero-order valence-electron chi connectivity index (χ0n) is 12.5. The lowest BCUT2D eigenvalue weighted by atomic mass is 10.00. The molecule has 1 saturated heterocycles. The van der Waals surface area contributed by atoms with E-state index in [1.165, 1.54) is 16.0 Å². The Labute approximate surface area is 134 Å². The minimum atomic E-state index is 0.156. The molecular weight excluding hydrogens is 294 g/mol. The van der Waals surface area contributed by atoms with Crippen molar-refractivity contribution in [1.82, 2.24) is 4.90 Å². The molecule has 3 nitrogen and oxygen atoms in total. The Morgan fingerprint density at radius 1 is 1.18 bits per heavy atom. The molecule has 0 aliphatic carbocycles. The lowest BCUT2D eigenvalue weighted by molar-refractivity contribution is 0.0739. The molecule has 1 aromatic carbocycles. The fourth-order valence-electron chi connectivity index (χ4n) is 3.27. The highest BCUT2D eigenvalue weighted by Crippen LogP contribution is 2.34. The zero-order chi connectivity index (χ0) is 14.9. The van der Waals surface area contributed by atoms with Gasteiger partial charge in [0.05, 0.1) is 11.0 Å². The van der Waals surface area contributed by atoms with Crippen molar-refractivity contribution < 1.29 is 9.53 Å². The van der Waals surface area contributed by atoms with E-state index in [-0.39, 0.29) is 12.0 Å². The highest BCUT2D eigenvalue weighted by Gasteiger charge is 2.25. The van der Waals surface area contributed by atoms with Gasteiger partial charge in [-0.25, -0.2) is 0 Å². The van der Waals surface area contributed by atoms with Crippen molar-refractivity contribution in [1.29, 1.82) is 0 Å². The number of nitrogens with zero attached hydrogens (tertiary/aromatic N) is 1. The normalized spacial score (nSPS) is 20.9. The number of carbonyl (C=O) groups is 1. The van der Waals surface area contributed by atoms with Crippen molar-refractivity contribution in [2.24, 2.45) is 0 Å². The van der Waals surface area contributed by atoms with Gasteiger partial charge >= 0.3 is 0 Å². The largest absolute Gasteiger partial charge is 0.373 e. The first-order valence-electron chi connectivity index (χ1n) is 7.88. The molecule has 1 fully saturated rings. The van der Waals surface area contributed by atoms with E-state index in [0.29, 0.717) is 0 Å². The molecule has 3 heterocycles. The van der Waals surface area contributed by atoms with Crippen molar-refractivity contribution in [3.8, 4) is 0 Å². The van der Waals surface area contributed by atoms with E-state index in [9.17, 15) is 4.79 Å². The standard InChI is InChI=1S/C18H19NO2S/c20-18(17-8-7-16(22-17)15-6-3-11-21-15)19-10-9-13-4-1-2-5-14(13)12-19/h1-2,4-5,7-8,15H,3,6,9-12H2. The van der Waals surface area contributed by atoms with Crippen molar-refractivity contribution in [3.63, 3.8) is 0 Å². The van der Waals surface area contributed by atoms with Crippen LogP contribution in [0.2, 0.25) is 0 Å². The number of hydrogen-bond acceptors (Lipinski definition) is 3. The van der Waals surface area contributed by atoms with Gasteiger partial charge in [0.2, 0.25) is 0 Å². The number of fused-ring (bicyclic) bond motifs is 1. The Bertz CT molecular complexity index is 688. The smallest absolute Gasteiger partial charge is 0.264 e. The SMILES string of the molecule is O=C(c1ccc(C2CCCO2)s1)N1CCc2ccccc2C1. The molecule has 0 radical (unpaired) electrons. The minimum absolute atomic E-state index is 0.156. The van der Waals surface area contributed by atoms with Crippen molar-refractivity contribution >= 4 is 17.2 Å². The van der Waals surface area contributed by atoms with Gasteiger partial charge < -0.3 is 9.64 Å². The van der Waals surface area contributed by atoms with Crippen LogP contribution in [-0.4, -0.2) is 24.0 Å². The predicted octanol–water partition coefficient (Wildman–Crippen LogP) is 3.80. The summed E-state index contributed by atoms with van der Waals surface area (Å²) in [4.78, 5) is 16.7. The lowest BCUT2D eigenvalue weighted by Gasteiger charge is -2.28. The number of carbonyl (C=O) groups excluding carboxylic acids is 1. The zero-order valence-corrected chi connectivity index (χ0v) is 13.3. The van der Waals surface area contributed by atoms with Crippen LogP contribution in [0.25, 0.3) is 0 Å². The van der Waals surface area contributed by atoms with Crippen molar-refractivity contribution in [2.45, 2.75) is 31.9 Å². The highest BCUT2D eigenvalue weighted by molar-refractivity contribution is 7.14. The molecule has 114 valence electrons. The predicted molar refractivity (Wildman–Crippen MR) is 87.1 cm³/mol. The van der Waals surface area contributed by atoms with E-state index in [1.54, 1.807) is 11.3 Å². The van der Waals surface area contributed by atoms with Gasteiger partial charge in [0.1, 0.15) is 0 Å². The van der Waals surface area contributed by atoms with Crippen LogP contribution >= 0.6 is 11.3 Å². The Hall–Kier alpha value is -1.65. The molecule has 0 saturated carbocycles. The molecular formula is C18H19NO2S. The van der Waals surface area contributed by atoms with E-state index >= 15 is 0 Å². The van der Waals surface area contributed by atoms with Gasteiger partial charge in [0.15, 0.2) is 0 Å². The molecule has 2 aromatic rings. The molecule has 1 amide bonds. The first-order chi connectivity index (χ1) is 10.8. The van der Waals surface area contributed by atoms with Crippen LogP contribution in [0.1, 0.15) is 44.6 Å². The molecule has 1 aromatic heterocycles. The van der Waals surface area contributed by atoms with Crippen LogP contribution in [0, 0.1) is 0 Å². The average Bonchev–Trinajstić information content (AvgIpc) is 3.24. The summed E-state index contributed by atoms with van der Waals surface area (Å²) in [5, 5.41) is 0. The van der Waals surface area contributed by atoms with Crippen LogP contribution < -0.4 is 0 Å². The number of amides is 1. The number of rotatable bonds is 2. The second-order valence-electron chi connectivity index (χ2n) is 5.95. The number of hydrogen-bond donors (Lipinski definition) is 0. The Kier molecular flexibility index (Phi) is 3.72. The van der Waals surface area contributed by atoms with Crippen molar-refractivity contribution in [3.05, 3.63) is 57.3 Å². The molecule has 2 aliphatic rings. The Morgan fingerprint density at radius 2 is 2.05 bits per heavy atom. The lowest BCUT2D eigenvalue weighted by Crippen LogP contribution is -2.35. The summed E-state index contributed by atoms with van der Waals surface area (Å²) in [5.41, 5.74) is 2.65. The summed E-state index contributed by atoms with van der Waals surface area (Å²) in [6.45, 7) is 2.37. The first-order valence-corrected chi connectivity index (χ1v) is 8.70. The fraction of sp³-hybridized carbons (Fsp3) is 0.389. The molecule has 0 N–H and O–H groups in total. The Balaban J connectivity index is 1.50. The average molecular weight is 313 g/mol. The molecule has 1 unspecified atom stereocenters. The second-order valence-corrected chi connectivity index (χ2v) is 7.06.